The molecule has 1 aromatic heterocycles. The molecule has 98 valence electrons. The van der Waals surface area contributed by atoms with E-state index in [4.69, 9.17) is 4.74 Å². The normalized spacial score (nSPS) is 14.3. The van der Waals surface area contributed by atoms with Gasteiger partial charge in [0.25, 0.3) is 5.91 Å². The molecular formula is C14H15N3O2. The van der Waals surface area contributed by atoms with Crippen LogP contribution in [-0.2, 0) is 0 Å². The third kappa shape index (κ3) is 2.07. The maximum atomic E-state index is 11.9. The van der Waals surface area contributed by atoms with E-state index in [1.807, 2.05) is 25.1 Å². The van der Waals surface area contributed by atoms with Crippen molar-refractivity contribution in [2.24, 2.45) is 0 Å². The predicted octanol–water partition coefficient (Wildman–Crippen LogP) is 1.79. The lowest BCUT2D eigenvalue weighted by atomic mass is 10.1. The third-order valence-electron chi connectivity index (χ3n) is 3.11. The summed E-state index contributed by atoms with van der Waals surface area (Å²) >= 11 is 0. The van der Waals surface area contributed by atoms with Gasteiger partial charge in [0.05, 0.1) is 23.4 Å². The minimum atomic E-state index is -0.0803. The Labute approximate surface area is 111 Å². The van der Waals surface area contributed by atoms with Crippen LogP contribution in [0.5, 0.6) is 5.75 Å². The number of rotatable bonds is 2. The molecule has 0 spiro atoms. The van der Waals surface area contributed by atoms with Gasteiger partial charge in [-0.1, -0.05) is 0 Å². The maximum absolute atomic E-state index is 11.9. The number of nitrogens with zero attached hydrogens (tertiary/aromatic N) is 1. The average Bonchev–Trinajstić information content (AvgIpc) is 2.61. The molecule has 5 heteroatoms. The van der Waals surface area contributed by atoms with E-state index in [-0.39, 0.29) is 5.91 Å². The molecule has 5 nitrogen and oxygen atoms in total. The van der Waals surface area contributed by atoms with Gasteiger partial charge in [0, 0.05) is 30.7 Å². The van der Waals surface area contributed by atoms with Crippen molar-refractivity contribution >= 4 is 22.5 Å². The number of anilines is 1. The van der Waals surface area contributed by atoms with Crippen LogP contribution in [0.25, 0.3) is 10.9 Å². The molecule has 1 aliphatic rings. The van der Waals surface area contributed by atoms with Gasteiger partial charge in [-0.05, 0) is 19.1 Å². The summed E-state index contributed by atoms with van der Waals surface area (Å²) in [6.45, 7) is 3.90. The lowest BCUT2D eigenvalue weighted by molar-refractivity contribution is 0.0958. The van der Waals surface area contributed by atoms with Crippen molar-refractivity contribution in [2.75, 3.05) is 25.0 Å². The number of carbonyl (C=O) groups excluding carboxylic acids is 1. The van der Waals surface area contributed by atoms with Crippen molar-refractivity contribution in [3.63, 3.8) is 0 Å². The smallest absolute Gasteiger partial charge is 0.255 e. The van der Waals surface area contributed by atoms with Gasteiger partial charge in [0.2, 0.25) is 0 Å². The van der Waals surface area contributed by atoms with Gasteiger partial charge in [0.15, 0.2) is 0 Å². The molecule has 0 bridgehead atoms. The summed E-state index contributed by atoms with van der Waals surface area (Å²) in [5, 5.41) is 7.06. The van der Waals surface area contributed by atoms with Gasteiger partial charge in [-0.3, -0.25) is 9.78 Å². The van der Waals surface area contributed by atoms with E-state index in [1.54, 1.807) is 6.20 Å². The molecule has 2 N–H and O–H groups in total. The second-order valence-electron chi connectivity index (χ2n) is 4.34. The highest BCUT2D eigenvalue weighted by Crippen LogP contribution is 2.29. The van der Waals surface area contributed by atoms with Crippen LogP contribution in [0.2, 0.25) is 0 Å². The molecule has 2 aromatic rings. The fourth-order valence-corrected chi connectivity index (χ4v) is 2.25. The highest BCUT2D eigenvalue weighted by atomic mass is 16.5. The summed E-state index contributed by atoms with van der Waals surface area (Å²) in [5.41, 5.74) is 2.27. The first-order valence-electron chi connectivity index (χ1n) is 6.37. The summed E-state index contributed by atoms with van der Waals surface area (Å²) in [4.78, 5) is 16.3. The first kappa shape index (κ1) is 11.8. The molecule has 0 aliphatic carbocycles. The Kier molecular flexibility index (Phi) is 2.95. The lowest BCUT2D eigenvalue weighted by Crippen LogP contribution is -2.24. The van der Waals surface area contributed by atoms with Gasteiger partial charge >= 0.3 is 0 Å². The van der Waals surface area contributed by atoms with Crippen LogP contribution in [0, 0.1) is 0 Å². The molecule has 0 saturated heterocycles. The molecule has 3 rings (SSSR count). The Morgan fingerprint density at radius 1 is 1.32 bits per heavy atom. The number of aromatic nitrogens is 1. The zero-order chi connectivity index (χ0) is 13.2. The minimum absolute atomic E-state index is 0.0803. The SMILES string of the molecule is CCOc1ccc2c3c(cnc2c1)C(=O)NCCN3. The topological polar surface area (TPSA) is 63.2 Å². The first-order chi connectivity index (χ1) is 9.29. The van der Waals surface area contributed by atoms with Crippen LogP contribution in [0.3, 0.4) is 0 Å². The molecule has 19 heavy (non-hydrogen) atoms. The minimum Gasteiger partial charge on any atom is -0.494 e. The van der Waals surface area contributed by atoms with Gasteiger partial charge in [0.1, 0.15) is 5.75 Å². The van der Waals surface area contributed by atoms with E-state index < -0.39 is 0 Å². The molecule has 1 aliphatic heterocycles. The van der Waals surface area contributed by atoms with Crippen molar-refractivity contribution in [3.8, 4) is 5.75 Å². The summed E-state index contributed by atoms with van der Waals surface area (Å²) in [6.07, 6.45) is 1.61. The second kappa shape index (κ2) is 4.76. The molecular weight excluding hydrogens is 242 g/mol. The molecule has 0 atom stereocenters. The van der Waals surface area contributed by atoms with Crippen molar-refractivity contribution in [3.05, 3.63) is 30.0 Å². The van der Waals surface area contributed by atoms with Crippen molar-refractivity contribution in [1.29, 1.82) is 0 Å². The standard InChI is InChI=1S/C14H15N3O2/c1-2-19-9-3-4-10-12(7-9)17-8-11-13(10)15-5-6-16-14(11)18/h3-4,7-8,15H,2,5-6H2,1H3,(H,16,18). The lowest BCUT2D eigenvalue weighted by Gasteiger charge is -2.11. The maximum Gasteiger partial charge on any atom is 0.255 e. The summed E-state index contributed by atoms with van der Waals surface area (Å²) < 4.78 is 5.46. The molecule has 0 saturated carbocycles. The highest BCUT2D eigenvalue weighted by molar-refractivity contribution is 6.07. The molecule has 0 unspecified atom stereocenters. The highest BCUT2D eigenvalue weighted by Gasteiger charge is 2.17. The number of hydrogen-bond acceptors (Lipinski definition) is 4. The molecule has 1 amide bonds. The van der Waals surface area contributed by atoms with Crippen molar-refractivity contribution < 1.29 is 9.53 Å². The van der Waals surface area contributed by atoms with Crippen LogP contribution in [0.4, 0.5) is 5.69 Å². The van der Waals surface area contributed by atoms with Crippen molar-refractivity contribution in [2.45, 2.75) is 6.92 Å². The van der Waals surface area contributed by atoms with Gasteiger partial charge in [-0.2, -0.15) is 0 Å². The Morgan fingerprint density at radius 2 is 2.16 bits per heavy atom. The molecule has 0 fully saturated rings. The number of fused-ring (bicyclic) bond motifs is 3. The fraction of sp³-hybridized carbons (Fsp3) is 0.286. The molecule has 1 aromatic carbocycles. The summed E-state index contributed by atoms with van der Waals surface area (Å²) in [6, 6.07) is 5.74. The number of benzene rings is 1. The van der Waals surface area contributed by atoms with E-state index >= 15 is 0 Å². The van der Waals surface area contributed by atoms with E-state index in [0.717, 1.165) is 22.3 Å². The Balaban J connectivity index is 2.16. The third-order valence-corrected chi connectivity index (χ3v) is 3.11. The van der Waals surface area contributed by atoms with Crippen LogP contribution in [0.15, 0.2) is 24.4 Å². The van der Waals surface area contributed by atoms with Gasteiger partial charge < -0.3 is 15.4 Å². The molecule has 2 heterocycles. The van der Waals surface area contributed by atoms with E-state index in [2.05, 4.69) is 15.6 Å². The van der Waals surface area contributed by atoms with Crippen LogP contribution in [0.1, 0.15) is 17.3 Å². The zero-order valence-electron chi connectivity index (χ0n) is 10.7. The fourth-order valence-electron chi connectivity index (χ4n) is 2.25. The van der Waals surface area contributed by atoms with E-state index in [9.17, 15) is 4.79 Å². The number of nitrogens with one attached hydrogen (secondary N) is 2. The Hall–Kier alpha value is -2.30. The number of amides is 1. The van der Waals surface area contributed by atoms with Gasteiger partial charge in [-0.25, -0.2) is 0 Å². The Morgan fingerprint density at radius 3 is 3.00 bits per heavy atom. The van der Waals surface area contributed by atoms with Crippen LogP contribution < -0.4 is 15.4 Å². The van der Waals surface area contributed by atoms with Gasteiger partial charge in [-0.15, -0.1) is 0 Å². The zero-order valence-corrected chi connectivity index (χ0v) is 10.7. The largest absolute Gasteiger partial charge is 0.494 e. The number of ether oxygens (including phenoxy) is 1. The predicted molar refractivity (Wildman–Crippen MR) is 73.7 cm³/mol. The first-order valence-corrected chi connectivity index (χ1v) is 6.37. The second-order valence-corrected chi connectivity index (χ2v) is 4.34. The van der Waals surface area contributed by atoms with Crippen LogP contribution >= 0.6 is 0 Å². The van der Waals surface area contributed by atoms with E-state index in [0.29, 0.717) is 25.3 Å². The summed E-state index contributed by atoms with van der Waals surface area (Å²) in [5.74, 6) is 0.712. The van der Waals surface area contributed by atoms with E-state index in [1.165, 1.54) is 0 Å². The average molecular weight is 257 g/mol. The summed E-state index contributed by atoms with van der Waals surface area (Å²) in [7, 11) is 0. The molecule has 0 radical (unpaired) electrons. The van der Waals surface area contributed by atoms with Crippen molar-refractivity contribution in [1.82, 2.24) is 10.3 Å². The monoisotopic (exact) mass is 257 g/mol. The number of pyridine rings is 1. The quantitative estimate of drug-likeness (QED) is 0.861. The Bertz CT molecular complexity index is 640. The number of hydrogen-bond donors (Lipinski definition) is 2. The van der Waals surface area contributed by atoms with Crippen LogP contribution in [-0.4, -0.2) is 30.6 Å². The number of carbonyl (C=O) groups is 1.